The Balaban J connectivity index is 2.07. The number of carboxylic acid groups (broad SMARTS) is 1. The average molecular weight is 239 g/mol. The van der Waals surface area contributed by atoms with Gasteiger partial charge in [0.2, 0.25) is 5.95 Å². The van der Waals surface area contributed by atoms with E-state index < -0.39 is 5.97 Å². The maximum Gasteiger partial charge on any atom is 0.303 e. The van der Waals surface area contributed by atoms with Crippen LogP contribution in [0.1, 0.15) is 32.1 Å². The van der Waals surface area contributed by atoms with Crippen molar-refractivity contribution in [2.75, 3.05) is 11.4 Å². The fraction of sp³-hybridized carbons (Fsp3) is 0.800. The molecular weight excluding hydrogens is 222 g/mol. The quantitative estimate of drug-likeness (QED) is 0.820. The number of anilines is 1. The fourth-order valence-electron chi connectivity index (χ4n) is 2.32. The van der Waals surface area contributed by atoms with E-state index >= 15 is 0 Å². The summed E-state index contributed by atoms with van der Waals surface area (Å²) >= 11 is 0. The van der Waals surface area contributed by atoms with Gasteiger partial charge in [0.15, 0.2) is 0 Å². The van der Waals surface area contributed by atoms with Gasteiger partial charge in [-0.1, -0.05) is 5.10 Å². The minimum atomic E-state index is -0.744. The summed E-state index contributed by atoms with van der Waals surface area (Å²) in [5.74, 6) is -0.00768. The maximum absolute atomic E-state index is 10.6. The molecule has 0 amide bonds. The summed E-state index contributed by atoms with van der Waals surface area (Å²) in [6.45, 7) is 0.901. The van der Waals surface area contributed by atoms with Crippen molar-refractivity contribution in [2.24, 2.45) is 7.05 Å². The molecule has 0 saturated carbocycles. The van der Waals surface area contributed by atoms with E-state index in [9.17, 15) is 4.79 Å². The van der Waals surface area contributed by atoms with Gasteiger partial charge in [-0.2, -0.15) is 0 Å². The molecule has 1 aromatic heterocycles. The Labute approximate surface area is 99.4 Å². The van der Waals surface area contributed by atoms with Crippen molar-refractivity contribution in [2.45, 2.75) is 38.1 Å². The molecule has 7 nitrogen and oxygen atoms in total. The summed E-state index contributed by atoms with van der Waals surface area (Å²) in [6.07, 6.45) is 4.12. The Kier molecular flexibility index (Phi) is 3.55. The molecule has 2 heterocycles. The van der Waals surface area contributed by atoms with Crippen LogP contribution in [-0.4, -0.2) is 43.9 Å². The molecular formula is C10H17N5O2. The second-order valence-electron chi connectivity index (χ2n) is 4.38. The van der Waals surface area contributed by atoms with Crippen molar-refractivity contribution < 1.29 is 9.90 Å². The Hall–Kier alpha value is -1.66. The number of rotatable bonds is 4. The highest BCUT2D eigenvalue weighted by Crippen LogP contribution is 2.24. The predicted molar refractivity (Wildman–Crippen MR) is 60.7 cm³/mol. The molecule has 1 saturated heterocycles. The molecule has 1 aromatic rings. The number of aliphatic carboxylic acids is 1. The summed E-state index contributed by atoms with van der Waals surface area (Å²) in [5.41, 5.74) is 0. The highest BCUT2D eigenvalue weighted by Gasteiger charge is 2.26. The zero-order chi connectivity index (χ0) is 12.3. The molecule has 0 aromatic carbocycles. The standard InChI is InChI=1S/C10H17N5O2/c1-14-10(11-12-13-14)15-7-3-2-4-8(15)5-6-9(16)17/h8H,2-7H2,1H3,(H,16,17). The van der Waals surface area contributed by atoms with Crippen LogP contribution in [0.2, 0.25) is 0 Å². The first-order valence-electron chi connectivity index (χ1n) is 5.89. The zero-order valence-electron chi connectivity index (χ0n) is 9.91. The first-order chi connectivity index (χ1) is 8.18. The molecule has 1 aliphatic rings. The second-order valence-corrected chi connectivity index (χ2v) is 4.38. The third kappa shape index (κ3) is 2.72. The van der Waals surface area contributed by atoms with Crippen LogP contribution in [0.15, 0.2) is 0 Å². The van der Waals surface area contributed by atoms with E-state index in [1.54, 1.807) is 11.7 Å². The Morgan fingerprint density at radius 1 is 1.53 bits per heavy atom. The maximum atomic E-state index is 10.6. The van der Waals surface area contributed by atoms with Gasteiger partial charge in [0.05, 0.1) is 0 Å². The van der Waals surface area contributed by atoms with Crippen molar-refractivity contribution >= 4 is 11.9 Å². The van der Waals surface area contributed by atoms with Crippen LogP contribution in [0.3, 0.4) is 0 Å². The second kappa shape index (κ2) is 5.11. The van der Waals surface area contributed by atoms with Gasteiger partial charge in [0.1, 0.15) is 0 Å². The number of carbonyl (C=O) groups is 1. The van der Waals surface area contributed by atoms with Crippen LogP contribution >= 0.6 is 0 Å². The number of hydrogen-bond acceptors (Lipinski definition) is 5. The van der Waals surface area contributed by atoms with Crippen LogP contribution in [0.5, 0.6) is 0 Å². The summed E-state index contributed by atoms with van der Waals surface area (Å²) in [6, 6.07) is 0.240. The molecule has 7 heteroatoms. The first kappa shape index (κ1) is 11.8. The first-order valence-corrected chi connectivity index (χ1v) is 5.89. The van der Waals surface area contributed by atoms with E-state index in [1.165, 1.54) is 0 Å². The lowest BCUT2D eigenvalue weighted by Crippen LogP contribution is -2.41. The van der Waals surface area contributed by atoms with E-state index in [1.807, 2.05) is 0 Å². The minimum absolute atomic E-state index is 0.201. The molecule has 0 bridgehead atoms. The summed E-state index contributed by atoms with van der Waals surface area (Å²) in [7, 11) is 1.80. The van der Waals surface area contributed by atoms with Crippen molar-refractivity contribution in [1.29, 1.82) is 0 Å². The highest BCUT2D eigenvalue weighted by molar-refractivity contribution is 5.66. The van der Waals surface area contributed by atoms with Crippen molar-refractivity contribution in [3.8, 4) is 0 Å². The number of nitrogens with zero attached hydrogens (tertiary/aromatic N) is 5. The molecule has 2 rings (SSSR count). The smallest absolute Gasteiger partial charge is 0.303 e. The Morgan fingerprint density at radius 3 is 3.00 bits per heavy atom. The predicted octanol–water partition coefficient (Wildman–Crippen LogP) is 0.434. The largest absolute Gasteiger partial charge is 0.481 e. The van der Waals surface area contributed by atoms with Crippen LogP contribution < -0.4 is 4.90 Å². The SMILES string of the molecule is Cn1nnnc1N1CCCCC1CCC(=O)O. The normalized spacial score (nSPS) is 20.5. The monoisotopic (exact) mass is 239 g/mol. The number of hydrogen-bond donors (Lipinski definition) is 1. The Bertz CT molecular complexity index is 392. The lowest BCUT2D eigenvalue weighted by atomic mass is 9.98. The van der Waals surface area contributed by atoms with Crippen LogP contribution in [0.25, 0.3) is 0 Å². The lowest BCUT2D eigenvalue weighted by molar-refractivity contribution is -0.137. The van der Waals surface area contributed by atoms with Gasteiger partial charge < -0.3 is 10.0 Å². The van der Waals surface area contributed by atoms with Gasteiger partial charge in [-0.25, -0.2) is 4.68 Å². The molecule has 17 heavy (non-hydrogen) atoms. The van der Waals surface area contributed by atoms with Crippen LogP contribution in [-0.2, 0) is 11.8 Å². The number of aryl methyl sites for hydroxylation is 1. The van der Waals surface area contributed by atoms with Crippen LogP contribution in [0.4, 0.5) is 5.95 Å². The third-order valence-electron chi connectivity index (χ3n) is 3.17. The van der Waals surface area contributed by atoms with Gasteiger partial charge in [0.25, 0.3) is 0 Å². The lowest BCUT2D eigenvalue weighted by Gasteiger charge is -2.35. The van der Waals surface area contributed by atoms with Gasteiger partial charge in [0, 0.05) is 26.1 Å². The minimum Gasteiger partial charge on any atom is -0.481 e. The van der Waals surface area contributed by atoms with Gasteiger partial charge in [-0.15, -0.1) is 0 Å². The fourth-order valence-corrected chi connectivity index (χ4v) is 2.32. The average Bonchev–Trinajstić information content (AvgIpc) is 2.73. The van der Waals surface area contributed by atoms with Gasteiger partial charge in [-0.05, 0) is 36.1 Å². The molecule has 0 spiro atoms. The zero-order valence-corrected chi connectivity index (χ0v) is 9.91. The van der Waals surface area contributed by atoms with Gasteiger partial charge in [-0.3, -0.25) is 4.79 Å². The topological polar surface area (TPSA) is 84.1 Å². The molecule has 1 unspecified atom stereocenters. The molecule has 1 N–H and O–H groups in total. The van der Waals surface area contributed by atoms with E-state index in [2.05, 4.69) is 20.4 Å². The van der Waals surface area contributed by atoms with Crippen molar-refractivity contribution in [3.63, 3.8) is 0 Å². The third-order valence-corrected chi connectivity index (χ3v) is 3.17. The summed E-state index contributed by atoms with van der Waals surface area (Å²) < 4.78 is 1.64. The Morgan fingerprint density at radius 2 is 2.35 bits per heavy atom. The van der Waals surface area contributed by atoms with Crippen LogP contribution in [0, 0.1) is 0 Å². The molecule has 1 atom stereocenters. The number of piperidine rings is 1. The van der Waals surface area contributed by atoms with E-state index in [4.69, 9.17) is 5.11 Å². The van der Waals surface area contributed by atoms with E-state index in [-0.39, 0.29) is 12.5 Å². The highest BCUT2D eigenvalue weighted by atomic mass is 16.4. The summed E-state index contributed by atoms with van der Waals surface area (Å²) in [5, 5.41) is 20.2. The molecule has 0 radical (unpaired) electrons. The molecule has 94 valence electrons. The van der Waals surface area contributed by atoms with Crippen molar-refractivity contribution in [1.82, 2.24) is 20.2 Å². The number of aromatic nitrogens is 4. The van der Waals surface area contributed by atoms with E-state index in [0.29, 0.717) is 6.42 Å². The van der Waals surface area contributed by atoms with E-state index in [0.717, 1.165) is 31.8 Å². The van der Waals surface area contributed by atoms with Crippen molar-refractivity contribution in [3.05, 3.63) is 0 Å². The molecule has 0 aliphatic carbocycles. The molecule has 1 aliphatic heterocycles. The molecule has 1 fully saturated rings. The number of tetrazole rings is 1. The number of carboxylic acids is 1. The summed E-state index contributed by atoms with van der Waals surface area (Å²) in [4.78, 5) is 12.8. The van der Waals surface area contributed by atoms with Gasteiger partial charge >= 0.3 is 5.97 Å².